The van der Waals surface area contributed by atoms with Crippen molar-refractivity contribution in [2.24, 2.45) is 0 Å². The number of anilines is 1. The van der Waals surface area contributed by atoms with E-state index in [1.807, 2.05) is 58.0 Å². The van der Waals surface area contributed by atoms with E-state index in [1.54, 1.807) is 42.5 Å². The number of sulfonamides is 1. The molecule has 2 amide bonds. The zero-order valence-corrected chi connectivity index (χ0v) is 30.2. The van der Waals surface area contributed by atoms with Gasteiger partial charge < -0.3 is 15.0 Å². The lowest BCUT2D eigenvalue weighted by molar-refractivity contribution is -0.140. The lowest BCUT2D eigenvalue weighted by Crippen LogP contribution is -2.56. The number of halogens is 3. The first-order valence-corrected chi connectivity index (χ1v) is 17.9. The Labute approximate surface area is 297 Å². The van der Waals surface area contributed by atoms with Gasteiger partial charge in [0, 0.05) is 39.1 Å². The van der Waals surface area contributed by atoms with Gasteiger partial charge in [0.1, 0.15) is 18.3 Å². The van der Waals surface area contributed by atoms with Gasteiger partial charge in [-0.1, -0.05) is 71.2 Å². The summed E-state index contributed by atoms with van der Waals surface area (Å²) in [4.78, 5) is 30.0. The molecule has 0 saturated carbocycles. The van der Waals surface area contributed by atoms with Crippen LogP contribution < -0.4 is 14.4 Å². The van der Waals surface area contributed by atoms with Crippen molar-refractivity contribution in [2.75, 3.05) is 17.5 Å². The molecule has 0 aliphatic carbocycles. The molecule has 8 nitrogen and oxygen atoms in total. The van der Waals surface area contributed by atoms with Crippen LogP contribution in [0.1, 0.15) is 38.8 Å². The number of ether oxygens (including phenoxy) is 1. The van der Waals surface area contributed by atoms with E-state index in [2.05, 4.69) is 5.32 Å². The minimum absolute atomic E-state index is 0.0689. The van der Waals surface area contributed by atoms with E-state index < -0.39 is 40.0 Å². The Morgan fingerprint density at radius 1 is 0.833 bits per heavy atom. The van der Waals surface area contributed by atoms with E-state index in [0.717, 1.165) is 9.87 Å². The summed E-state index contributed by atoms with van der Waals surface area (Å²) in [6.45, 7) is 6.98. The number of hydrogen-bond donors (Lipinski definition) is 1. The Balaban J connectivity index is 1.85. The third-order valence-corrected chi connectivity index (χ3v) is 10.0. The molecule has 0 bridgehead atoms. The molecular formula is C36H38Cl3N3O5S. The van der Waals surface area contributed by atoms with Gasteiger partial charge in [0.05, 0.1) is 17.2 Å². The highest BCUT2D eigenvalue weighted by molar-refractivity contribution is 7.92. The summed E-state index contributed by atoms with van der Waals surface area (Å²) >= 11 is 19.2. The highest BCUT2D eigenvalue weighted by Crippen LogP contribution is 2.30. The Morgan fingerprint density at radius 3 is 2.00 bits per heavy atom. The van der Waals surface area contributed by atoms with E-state index in [1.165, 1.54) is 29.2 Å². The number of carbonyl (C=O) groups excluding carboxylic acids is 2. The van der Waals surface area contributed by atoms with Crippen molar-refractivity contribution in [1.29, 1.82) is 0 Å². The van der Waals surface area contributed by atoms with E-state index >= 15 is 0 Å². The number of nitrogens with one attached hydrogen (secondary N) is 1. The minimum atomic E-state index is -4.31. The van der Waals surface area contributed by atoms with Crippen molar-refractivity contribution >= 4 is 62.3 Å². The molecule has 4 aromatic rings. The van der Waals surface area contributed by atoms with Crippen LogP contribution in [0.4, 0.5) is 5.69 Å². The van der Waals surface area contributed by atoms with Gasteiger partial charge in [-0.25, -0.2) is 8.42 Å². The Bertz CT molecular complexity index is 1790. The molecule has 4 aromatic carbocycles. The second kappa shape index (κ2) is 16.1. The fourth-order valence-electron chi connectivity index (χ4n) is 5.00. The summed E-state index contributed by atoms with van der Waals surface area (Å²) in [5.41, 5.74) is 0.807. The molecule has 0 heterocycles. The first-order valence-electron chi connectivity index (χ1n) is 15.3. The molecule has 1 N–H and O–H groups in total. The fraction of sp³-hybridized carbons (Fsp3) is 0.278. The van der Waals surface area contributed by atoms with Crippen molar-refractivity contribution in [3.05, 3.63) is 123 Å². The van der Waals surface area contributed by atoms with Gasteiger partial charge in [0.25, 0.3) is 10.0 Å². The molecule has 12 heteroatoms. The van der Waals surface area contributed by atoms with Crippen molar-refractivity contribution < 1.29 is 22.7 Å². The van der Waals surface area contributed by atoms with Crippen LogP contribution in [-0.2, 0) is 32.6 Å². The molecule has 254 valence electrons. The second-order valence-electron chi connectivity index (χ2n) is 12.1. The average Bonchev–Trinajstić information content (AvgIpc) is 3.03. The van der Waals surface area contributed by atoms with E-state index in [4.69, 9.17) is 39.5 Å². The Kier molecular flexibility index (Phi) is 12.4. The predicted molar refractivity (Wildman–Crippen MR) is 192 cm³/mol. The monoisotopic (exact) mass is 729 g/mol. The molecule has 0 aliphatic heterocycles. The summed E-state index contributed by atoms with van der Waals surface area (Å²) in [5, 5.41) is 3.95. The molecule has 0 radical (unpaired) electrons. The molecule has 0 fully saturated rings. The number of benzene rings is 4. The summed E-state index contributed by atoms with van der Waals surface area (Å²) < 4.78 is 35.0. The largest absolute Gasteiger partial charge is 0.494 e. The Morgan fingerprint density at radius 2 is 1.44 bits per heavy atom. The van der Waals surface area contributed by atoms with Gasteiger partial charge >= 0.3 is 0 Å². The zero-order chi connectivity index (χ0) is 35.1. The van der Waals surface area contributed by atoms with Gasteiger partial charge in [0.2, 0.25) is 11.8 Å². The maximum absolute atomic E-state index is 14.7. The average molecular weight is 731 g/mol. The first-order chi connectivity index (χ1) is 22.7. The quantitative estimate of drug-likeness (QED) is 0.152. The smallest absolute Gasteiger partial charge is 0.264 e. The van der Waals surface area contributed by atoms with E-state index in [9.17, 15) is 18.0 Å². The van der Waals surface area contributed by atoms with Crippen LogP contribution in [0.2, 0.25) is 15.1 Å². The fourth-order valence-corrected chi connectivity index (χ4v) is 7.06. The number of nitrogens with zero attached hydrogens (tertiary/aromatic N) is 2. The van der Waals surface area contributed by atoms with Crippen LogP contribution in [0.5, 0.6) is 5.75 Å². The highest BCUT2D eigenvalue weighted by atomic mass is 35.5. The molecule has 0 spiro atoms. The zero-order valence-electron chi connectivity index (χ0n) is 27.1. The number of hydrogen-bond acceptors (Lipinski definition) is 5. The molecule has 0 aliphatic rings. The highest BCUT2D eigenvalue weighted by Gasteiger charge is 2.36. The van der Waals surface area contributed by atoms with Crippen molar-refractivity contribution in [3.8, 4) is 5.75 Å². The number of amides is 2. The van der Waals surface area contributed by atoms with Crippen LogP contribution >= 0.6 is 34.8 Å². The lowest BCUT2D eigenvalue weighted by atomic mass is 10.0. The SMILES string of the molecule is CCOc1ccc(N(CC(=O)N(Cc2c(Cl)cccc2Cl)[C@H](Cc2ccccc2)C(=O)NC(C)(C)C)S(=O)(=O)c2ccc(Cl)cc2)cc1. The van der Waals surface area contributed by atoms with Gasteiger partial charge in [-0.15, -0.1) is 0 Å². The Hall–Kier alpha value is -3.76. The summed E-state index contributed by atoms with van der Waals surface area (Å²) in [7, 11) is -4.31. The third kappa shape index (κ3) is 9.66. The molecule has 0 saturated heterocycles. The molecule has 4 rings (SSSR count). The second-order valence-corrected chi connectivity index (χ2v) is 15.2. The van der Waals surface area contributed by atoms with E-state index in [-0.39, 0.29) is 23.5 Å². The standard InChI is InChI=1S/C36H38Cl3N3O5S/c1-5-47-28-18-16-27(17-19-28)42(48(45,46)29-20-14-26(37)15-21-29)24-34(43)41(23-30-31(38)12-9-13-32(30)39)33(35(44)40-36(2,3)4)22-25-10-7-6-8-11-25/h6-21,33H,5,22-24H2,1-4H3,(H,40,44)/t33-/m1/s1. The van der Waals surface area contributed by atoms with Crippen LogP contribution in [-0.4, -0.2) is 49.9 Å². The van der Waals surface area contributed by atoms with Gasteiger partial charge in [-0.2, -0.15) is 0 Å². The minimum Gasteiger partial charge on any atom is -0.494 e. The van der Waals surface area contributed by atoms with Crippen LogP contribution in [0, 0.1) is 0 Å². The summed E-state index contributed by atoms with van der Waals surface area (Å²) in [5.74, 6) is -0.536. The summed E-state index contributed by atoms with van der Waals surface area (Å²) in [6, 6.07) is 25.2. The van der Waals surface area contributed by atoms with Gasteiger partial charge in [-0.05, 0) is 93.9 Å². The van der Waals surface area contributed by atoms with Crippen LogP contribution in [0.25, 0.3) is 0 Å². The van der Waals surface area contributed by atoms with Crippen molar-refractivity contribution in [1.82, 2.24) is 10.2 Å². The van der Waals surface area contributed by atoms with Gasteiger partial charge in [0.15, 0.2) is 0 Å². The maximum atomic E-state index is 14.7. The van der Waals surface area contributed by atoms with Gasteiger partial charge in [-0.3, -0.25) is 13.9 Å². The molecule has 0 unspecified atom stereocenters. The molecular weight excluding hydrogens is 693 g/mol. The van der Waals surface area contributed by atoms with Crippen molar-refractivity contribution in [2.45, 2.75) is 57.1 Å². The lowest BCUT2D eigenvalue weighted by Gasteiger charge is -2.35. The third-order valence-electron chi connectivity index (χ3n) is 7.28. The molecule has 1 atom stereocenters. The number of carbonyl (C=O) groups is 2. The van der Waals surface area contributed by atoms with E-state index in [0.29, 0.717) is 33.0 Å². The maximum Gasteiger partial charge on any atom is 0.264 e. The predicted octanol–water partition coefficient (Wildman–Crippen LogP) is 7.80. The topological polar surface area (TPSA) is 96.0 Å². The summed E-state index contributed by atoms with van der Waals surface area (Å²) in [6.07, 6.45) is 0.142. The van der Waals surface area contributed by atoms with Crippen LogP contribution in [0.3, 0.4) is 0 Å². The van der Waals surface area contributed by atoms with Crippen molar-refractivity contribution in [3.63, 3.8) is 0 Å². The normalized spacial score (nSPS) is 12.2. The molecule has 48 heavy (non-hydrogen) atoms. The molecule has 0 aromatic heterocycles. The first kappa shape index (κ1) is 37.1. The number of rotatable bonds is 13. The van der Waals surface area contributed by atoms with Crippen LogP contribution in [0.15, 0.2) is 102 Å².